The molecule has 1 radical (unpaired) electrons. The zero-order chi connectivity index (χ0) is 16.0. The predicted molar refractivity (Wildman–Crippen MR) is 89.4 cm³/mol. The van der Waals surface area contributed by atoms with Crippen LogP contribution in [-0.2, 0) is 28.0 Å². The van der Waals surface area contributed by atoms with Crippen LogP contribution in [0.25, 0.3) is 0 Å². The fourth-order valence-electron chi connectivity index (χ4n) is 2.13. The average Bonchev–Trinajstić information content (AvgIpc) is 2.51. The molecule has 0 amide bonds. The van der Waals surface area contributed by atoms with Gasteiger partial charge in [0.15, 0.2) is 0 Å². The Bertz CT molecular complexity index is 592. The Morgan fingerprint density at radius 1 is 0.955 bits per heavy atom. The number of ether oxygens (including phenoxy) is 1. The summed E-state index contributed by atoms with van der Waals surface area (Å²) in [6.45, 7) is 6.89. The van der Waals surface area contributed by atoms with E-state index in [4.69, 9.17) is 4.74 Å². The van der Waals surface area contributed by atoms with Gasteiger partial charge in [0.25, 0.3) is 0 Å². The van der Waals surface area contributed by atoms with Gasteiger partial charge < -0.3 is 4.74 Å². The number of esters is 1. The minimum atomic E-state index is -0.274. The van der Waals surface area contributed by atoms with Crippen LogP contribution >= 0.6 is 0 Å². The molecule has 2 aromatic rings. The molecule has 0 aliphatic carbocycles. The molecule has 0 spiro atoms. The summed E-state index contributed by atoms with van der Waals surface area (Å²) in [5.41, 5.74) is 3.56. The number of rotatable bonds is 5. The highest BCUT2D eigenvalue weighted by atomic mass is 16.5. The topological polar surface area (TPSA) is 26.3 Å². The van der Waals surface area contributed by atoms with Gasteiger partial charge in [-0.1, -0.05) is 75.4 Å². The lowest BCUT2D eigenvalue weighted by molar-refractivity contribution is -0.140. The van der Waals surface area contributed by atoms with Gasteiger partial charge in [-0.15, -0.1) is 0 Å². The summed E-state index contributed by atoms with van der Waals surface area (Å²) in [4.78, 5) is 11.7. The molecule has 0 fully saturated rings. The molecule has 22 heavy (non-hydrogen) atoms. The van der Waals surface area contributed by atoms with Crippen molar-refractivity contribution in [1.29, 1.82) is 0 Å². The van der Waals surface area contributed by atoms with E-state index in [9.17, 15) is 4.79 Å². The first-order valence-electron chi connectivity index (χ1n) is 7.58. The SMILES string of the molecule is CC(C)(C)c1ccc(C[CH]C(=O)OCc2ccccc2)cc1. The third-order valence-electron chi connectivity index (χ3n) is 3.55. The molecule has 2 aromatic carbocycles. The van der Waals surface area contributed by atoms with Crippen LogP contribution in [0.1, 0.15) is 37.5 Å². The molecule has 0 saturated carbocycles. The van der Waals surface area contributed by atoms with Gasteiger partial charge in [-0.2, -0.15) is 0 Å². The summed E-state index contributed by atoms with van der Waals surface area (Å²) < 4.78 is 5.23. The van der Waals surface area contributed by atoms with E-state index in [-0.39, 0.29) is 11.4 Å². The second-order valence-corrected chi connectivity index (χ2v) is 6.45. The number of carbonyl (C=O) groups is 1. The molecule has 2 nitrogen and oxygen atoms in total. The molecule has 2 rings (SSSR count). The van der Waals surface area contributed by atoms with Crippen LogP contribution in [-0.4, -0.2) is 5.97 Å². The van der Waals surface area contributed by atoms with Gasteiger partial charge in [0.2, 0.25) is 0 Å². The third kappa shape index (κ3) is 5.03. The maximum Gasteiger partial charge on any atom is 0.310 e. The van der Waals surface area contributed by atoms with Crippen molar-refractivity contribution in [2.24, 2.45) is 0 Å². The van der Waals surface area contributed by atoms with Crippen LogP contribution in [0.5, 0.6) is 0 Å². The van der Waals surface area contributed by atoms with Gasteiger partial charge in [-0.05, 0) is 28.5 Å². The maximum atomic E-state index is 11.7. The van der Waals surface area contributed by atoms with Crippen LogP contribution < -0.4 is 0 Å². The molecule has 2 heteroatoms. The van der Waals surface area contributed by atoms with Crippen LogP contribution in [0.4, 0.5) is 0 Å². The highest BCUT2D eigenvalue weighted by Crippen LogP contribution is 2.22. The average molecular weight is 295 g/mol. The van der Waals surface area contributed by atoms with E-state index < -0.39 is 0 Å². The Morgan fingerprint density at radius 3 is 2.18 bits per heavy atom. The number of benzene rings is 2. The summed E-state index contributed by atoms with van der Waals surface area (Å²) >= 11 is 0. The zero-order valence-corrected chi connectivity index (χ0v) is 13.5. The van der Waals surface area contributed by atoms with Gasteiger partial charge in [0, 0.05) is 0 Å². The van der Waals surface area contributed by atoms with Gasteiger partial charge in [0.05, 0.1) is 6.42 Å². The van der Waals surface area contributed by atoms with E-state index in [2.05, 4.69) is 45.0 Å². The van der Waals surface area contributed by atoms with Crippen molar-refractivity contribution in [2.75, 3.05) is 0 Å². The largest absolute Gasteiger partial charge is 0.461 e. The Labute approximate surface area is 133 Å². The van der Waals surface area contributed by atoms with E-state index in [0.717, 1.165) is 11.1 Å². The summed E-state index contributed by atoms with van der Waals surface area (Å²) in [5.74, 6) is -0.274. The zero-order valence-electron chi connectivity index (χ0n) is 13.5. The molecule has 0 aromatic heterocycles. The molecule has 115 valence electrons. The highest BCUT2D eigenvalue weighted by molar-refractivity contribution is 5.79. The predicted octanol–water partition coefficient (Wildman–Crippen LogP) is 4.47. The van der Waals surface area contributed by atoms with E-state index in [1.807, 2.05) is 30.3 Å². The number of hydrogen-bond acceptors (Lipinski definition) is 2. The lowest BCUT2D eigenvalue weighted by Crippen LogP contribution is -2.11. The highest BCUT2D eigenvalue weighted by Gasteiger charge is 2.13. The first-order valence-corrected chi connectivity index (χ1v) is 7.58. The van der Waals surface area contributed by atoms with E-state index >= 15 is 0 Å². The van der Waals surface area contributed by atoms with E-state index in [1.54, 1.807) is 6.42 Å². The van der Waals surface area contributed by atoms with Crippen LogP contribution in [0.3, 0.4) is 0 Å². The first kappa shape index (κ1) is 16.3. The molecule has 0 heterocycles. The minimum absolute atomic E-state index is 0.150. The Morgan fingerprint density at radius 2 is 1.59 bits per heavy atom. The second kappa shape index (κ2) is 7.26. The van der Waals surface area contributed by atoms with Crippen molar-refractivity contribution in [3.8, 4) is 0 Å². The van der Waals surface area contributed by atoms with Gasteiger partial charge in [-0.3, -0.25) is 4.79 Å². The Balaban J connectivity index is 1.79. The maximum absolute atomic E-state index is 11.7. The van der Waals surface area contributed by atoms with Crippen molar-refractivity contribution in [3.63, 3.8) is 0 Å². The quantitative estimate of drug-likeness (QED) is 0.760. The van der Waals surface area contributed by atoms with Crippen LogP contribution in [0.2, 0.25) is 0 Å². The molecule has 0 N–H and O–H groups in total. The normalized spacial score (nSPS) is 11.2. The van der Waals surface area contributed by atoms with Gasteiger partial charge >= 0.3 is 5.97 Å². The lowest BCUT2D eigenvalue weighted by atomic mass is 9.86. The molecule has 0 saturated heterocycles. The Kier molecular flexibility index (Phi) is 5.37. The number of carbonyl (C=O) groups excluding carboxylic acids is 1. The lowest BCUT2D eigenvalue weighted by Gasteiger charge is -2.19. The van der Waals surface area contributed by atoms with Crippen molar-refractivity contribution in [3.05, 3.63) is 77.7 Å². The molecule has 0 aliphatic rings. The molecule has 0 unspecified atom stereocenters. The van der Waals surface area contributed by atoms with Gasteiger partial charge in [0.1, 0.15) is 6.61 Å². The van der Waals surface area contributed by atoms with E-state index in [0.29, 0.717) is 13.0 Å². The van der Waals surface area contributed by atoms with E-state index in [1.165, 1.54) is 5.56 Å². The Hall–Kier alpha value is -2.09. The third-order valence-corrected chi connectivity index (χ3v) is 3.55. The second-order valence-electron chi connectivity index (χ2n) is 6.45. The standard InChI is InChI=1S/C20H23O2/c1-20(2,3)18-12-9-16(10-13-18)11-14-19(21)22-15-17-7-5-4-6-8-17/h4-10,12-14H,11,15H2,1-3H3. The minimum Gasteiger partial charge on any atom is -0.461 e. The fourth-order valence-corrected chi connectivity index (χ4v) is 2.13. The van der Waals surface area contributed by atoms with Gasteiger partial charge in [-0.25, -0.2) is 0 Å². The van der Waals surface area contributed by atoms with Crippen molar-refractivity contribution < 1.29 is 9.53 Å². The summed E-state index contributed by atoms with van der Waals surface area (Å²) in [6.07, 6.45) is 2.19. The van der Waals surface area contributed by atoms with Crippen LogP contribution in [0, 0.1) is 6.42 Å². The fraction of sp³-hybridized carbons (Fsp3) is 0.300. The molecular weight excluding hydrogens is 272 g/mol. The molecule has 0 atom stereocenters. The molecular formula is C20H23O2. The smallest absolute Gasteiger partial charge is 0.310 e. The summed E-state index contributed by atoms with van der Waals surface area (Å²) in [6, 6.07) is 18.1. The summed E-state index contributed by atoms with van der Waals surface area (Å²) in [7, 11) is 0. The van der Waals surface area contributed by atoms with Crippen molar-refractivity contribution >= 4 is 5.97 Å². The van der Waals surface area contributed by atoms with Crippen molar-refractivity contribution in [2.45, 2.75) is 39.2 Å². The summed E-state index contributed by atoms with van der Waals surface area (Å²) in [5, 5.41) is 0. The molecule has 0 aliphatic heterocycles. The number of hydrogen-bond donors (Lipinski definition) is 0. The molecule has 0 bridgehead atoms. The monoisotopic (exact) mass is 295 g/mol. The first-order chi connectivity index (χ1) is 10.4. The van der Waals surface area contributed by atoms with Crippen LogP contribution in [0.15, 0.2) is 54.6 Å². The van der Waals surface area contributed by atoms with Crippen molar-refractivity contribution in [1.82, 2.24) is 0 Å².